The molecule has 0 radical (unpaired) electrons. The second-order valence-corrected chi connectivity index (χ2v) is 3.84. The van der Waals surface area contributed by atoms with E-state index in [-0.39, 0.29) is 10.7 Å². The van der Waals surface area contributed by atoms with E-state index >= 15 is 0 Å². The Hall–Kier alpha value is -2.15. The van der Waals surface area contributed by atoms with E-state index in [1.165, 1.54) is 18.3 Å². The third-order valence-corrected chi connectivity index (χ3v) is 2.51. The van der Waals surface area contributed by atoms with Crippen LogP contribution in [0.25, 0.3) is 0 Å². The summed E-state index contributed by atoms with van der Waals surface area (Å²) in [5.74, 6) is -2.82. The molecule has 19 heavy (non-hydrogen) atoms. The number of carboxylic acid groups (broad SMARTS) is 1. The minimum atomic E-state index is -1.39. The number of rotatable bonds is 5. The molecule has 102 valence electrons. The van der Waals surface area contributed by atoms with E-state index in [4.69, 9.17) is 16.7 Å². The molecule has 1 aromatic heterocycles. The van der Waals surface area contributed by atoms with Gasteiger partial charge in [0.25, 0.3) is 5.91 Å². The summed E-state index contributed by atoms with van der Waals surface area (Å²) in [6, 6.07) is 1.48. The second-order valence-electron chi connectivity index (χ2n) is 3.49. The molecule has 1 rings (SSSR count). The molecule has 7 nitrogen and oxygen atoms in total. The van der Waals surface area contributed by atoms with E-state index in [2.05, 4.69) is 15.0 Å². The zero-order valence-electron chi connectivity index (χ0n) is 9.92. The number of carbonyl (C=O) groups excluding carboxylic acids is 2. The Bertz CT molecular complexity index is 506. The average Bonchev–Trinajstić information content (AvgIpc) is 2.37. The van der Waals surface area contributed by atoms with Gasteiger partial charge in [0.2, 0.25) is 0 Å². The molecule has 1 aromatic rings. The molecular weight excluding hydrogens is 276 g/mol. The zero-order valence-corrected chi connectivity index (χ0v) is 10.7. The lowest BCUT2D eigenvalue weighted by molar-refractivity contribution is -0.147. The van der Waals surface area contributed by atoms with E-state index in [1.54, 1.807) is 0 Å². The third-order valence-electron chi connectivity index (χ3n) is 2.21. The number of ether oxygens (including phenoxy) is 1. The van der Waals surface area contributed by atoms with E-state index < -0.39 is 30.3 Å². The Balaban J connectivity index is 2.80. The quantitative estimate of drug-likeness (QED) is 0.602. The van der Waals surface area contributed by atoms with Crippen LogP contribution in [0.15, 0.2) is 18.3 Å². The van der Waals surface area contributed by atoms with Crippen LogP contribution in [0.3, 0.4) is 0 Å². The molecular formula is C11H11ClN2O5. The van der Waals surface area contributed by atoms with Crippen molar-refractivity contribution >= 4 is 29.4 Å². The second kappa shape index (κ2) is 6.69. The summed E-state index contributed by atoms with van der Waals surface area (Å²) in [6.07, 6.45) is 0.914. The van der Waals surface area contributed by atoms with Gasteiger partial charge in [-0.25, -0.2) is 9.78 Å². The average molecular weight is 287 g/mol. The van der Waals surface area contributed by atoms with Crippen LogP contribution in [0.4, 0.5) is 0 Å². The van der Waals surface area contributed by atoms with Gasteiger partial charge in [-0.1, -0.05) is 11.6 Å². The highest BCUT2D eigenvalue weighted by Gasteiger charge is 2.25. The number of carboxylic acids is 1. The van der Waals surface area contributed by atoms with Crippen LogP contribution in [0, 0.1) is 0 Å². The Morgan fingerprint density at radius 2 is 2.21 bits per heavy atom. The molecule has 2 N–H and O–H groups in total. The standard InChI is InChI=1S/C11H11ClN2O5/c1-19-8(15)5-7(11(17)18)14-10(16)6-3-2-4-13-9(6)12/h2-4,7H,5H2,1H3,(H,14,16)(H,17,18)/t7-/m0/s1. The maximum atomic E-state index is 11.8. The van der Waals surface area contributed by atoms with Gasteiger partial charge in [-0.05, 0) is 12.1 Å². The van der Waals surface area contributed by atoms with Gasteiger partial charge in [0, 0.05) is 6.20 Å². The van der Waals surface area contributed by atoms with Crippen LogP contribution in [0.1, 0.15) is 16.8 Å². The van der Waals surface area contributed by atoms with Gasteiger partial charge in [-0.2, -0.15) is 0 Å². The van der Waals surface area contributed by atoms with Crippen LogP contribution in [-0.4, -0.2) is 41.1 Å². The van der Waals surface area contributed by atoms with Gasteiger partial charge in [-0.3, -0.25) is 9.59 Å². The van der Waals surface area contributed by atoms with E-state index in [0.717, 1.165) is 7.11 Å². The SMILES string of the molecule is COC(=O)C[C@H](NC(=O)c1cccnc1Cl)C(=O)O. The normalized spacial score (nSPS) is 11.5. The number of aliphatic carboxylic acids is 1. The van der Waals surface area contributed by atoms with Crippen LogP contribution in [-0.2, 0) is 14.3 Å². The van der Waals surface area contributed by atoms with Gasteiger partial charge in [0.05, 0.1) is 19.1 Å². The number of hydrogen-bond acceptors (Lipinski definition) is 5. The Morgan fingerprint density at radius 1 is 1.53 bits per heavy atom. The Labute approximate surface area is 113 Å². The summed E-state index contributed by atoms with van der Waals surface area (Å²) in [5.41, 5.74) is 0.0280. The highest BCUT2D eigenvalue weighted by atomic mass is 35.5. The van der Waals surface area contributed by atoms with Crippen molar-refractivity contribution in [1.82, 2.24) is 10.3 Å². The highest BCUT2D eigenvalue weighted by molar-refractivity contribution is 6.32. The van der Waals surface area contributed by atoms with Crippen LogP contribution in [0.5, 0.6) is 0 Å². The van der Waals surface area contributed by atoms with Gasteiger partial charge in [-0.15, -0.1) is 0 Å². The van der Waals surface area contributed by atoms with Crippen LogP contribution in [0.2, 0.25) is 5.15 Å². The minimum Gasteiger partial charge on any atom is -0.480 e. The lowest BCUT2D eigenvalue weighted by Gasteiger charge is -2.13. The number of methoxy groups -OCH3 is 1. The van der Waals surface area contributed by atoms with E-state index in [0.29, 0.717) is 0 Å². The lowest BCUT2D eigenvalue weighted by atomic mass is 10.2. The number of nitrogens with zero attached hydrogens (tertiary/aromatic N) is 1. The molecule has 0 unspecified atom stereocenters. The number of esters is 1. The molecule has 1 heterocycles. The smallest absolute Gasteiger partial charge is 0.326 e. The number of carbonyl (C=O) groups is 3. The van der Waals surface area contributed by atoms with Crippen molar-refractivity contribution in [3.8, 4) is 0 Å². The molecule has 0 aliphatic heterocycles. The molecule has 0 bridgehead atoms. The van der Waals surface area contributed by atoms with Crippen molar-refractivity contribution in [1.29, 1.82) is 0 Å². The summed E-state index contributed by atoms with van der Waals surface area (Å²) >= 11 is 5.70. The van der Waals surface area contributed by atoms with Crippen molar-refractivity contribution in [2.24, 2.45) is 0 Å². The number of hydrogen-bond donors (Lipinski definition) is 2. The highest BCUT2D eigenvalue weighted by Crippen LogP contribution is 2.11. The fourth-order valence-electron chi connectivity index (χ4n) is 1.24. The number of halogens is 1. The summed E-state index contributed by atoms with van der Waals surface area (Å²) < 4.78 is 4.35. The van der Waals surface area contributed by atoms with Crippen molar-refractivity contribution in [2.45, 2.75) is 12.5 Å². The maximum absolute atomic E-state index is 11.8. The van der Waals surface area contributed by atoms with Crippen molar-refractivity contribution in [3.05, 3.63) is 29.0 Å². The Morgan fingerprint density at radius 3 is 2.74 bits per heavy atom. The first-order chi connectivity index (χ1) is 8.95. The van der Waals surface area contributed by atoms with Gasteiger partial charge in [0.15, 0.2) is 0 Å². The van der Waals surface area contributed by atoms with Gasteiger partial charge in [0.1, 0.15) is 11.2 Å². The third kappa shape index (κ3) is 4.22. The molecule has 8 heteroatoms. The predicted octanol–water partition coefficient (Wildman–Crippen LogP) is 0.481. The summed E-state index contributed by atoms with van der Waals surface area (Å²) in [5, 5.41) is 11.0. The molecule has 1 amide bonds. The summed E-state index contributed by atoms with van der Waals surface area (Å²) in [4.78, 5) is 37.5. The molecule has 1 atom stereocenters. The van der Waals surface area contributed by atoms with Crippen LogP contribution >= 0.6 is 11.6 Å². The molecule has 0 aliphatic carbocycles. The first kappa shape index (κ1) is 14.9. The van der Waals surface area contributed by atoms with E-state index in [9.17, 15) is 14.4 Å². The first-order valence-corrected chi connectivity index (χ1v) is 5.54. The fraction of sp³-hybridized carbons (Fsp3) is 0.273. The summed E-state index contributed by atoms with van der Waals surface area (Å²) in [6.45, 7) is 0. The largest absolute Gasteiger partial charge is 0.480 e. The molecule has 0 saturated carbocycles. The number of pyridine rings is 1. The topological polar surface area (TPSA) is 106 Å². The molecule has 0 saturated heterocycles. The maximum Gasteiger partial charge on any atom is 0.326 e. The zero-order chi connectivity index (χ0) is 14.4. The number of aromatic nitrogens is 1. The number of nitrogens with one attached hydrogen (secondary N) is 1. The molecule has 0 aromatic carbocycles. The number of amides is 1. The van der Waals surface area contributed by atoms with Crippen LogP contribution < -0.4 is 5.32 Å². The predicted molar refractivity (Wildman–Crippen MR) is 64.8 cm³/mol. The minimum absolute atomic E-state index is 0.0280. The van der Waals surface area contributed by atoms with Crippen molar-refractivity contribution in [2.75, 3.05) is 7.11 Å². The lowest BCUT2D eigenvalue weighted by Crippen LogP contribution is -2.42. The molecule has 0 spiro atoms. The summed E-state index contributed by atoms with van der Waals surface area (Å²) in [7, 11) is 1.13. The van der Waals surface area contributed by atoms with Crippen molar-refractivity contribution in [3.63, 3.8) is 0 Å². The van der Waals surface area contributed by atoms with Gasteiger partial charge >= 0.3 is 11.9 Å². The van der Waals surface area contributed by atoms with E-state index in [1.807, 2.05) is 0 Å². The first-order valence-electron chi connectivity index (χ1n) is 5.16. The molecule has 0 fully saturated rings. The Kier molecular flexibility index (Phi) is 5.25. The fourth-order valence-corrected chi connectivity index (χ4v) is 1.45. The molecule has 0 aliphatic rings. The van der Waals surface area contributed by atoms with Crippen molar-refractivity contribution < 1.29 is 24.2 Å². The van der Waals surface area contributed by atoms with Gasteiger partial charge < -0.3 is 15.2 Å². The monoisotopic (exact) mass is 286 g/mol.